The number of carboxylic acids is 1. The molecule has 1 N–H and O–H groups in total. The second-order valence-electron chi connectivity index (χ2n) is 3.03. The number of ether oxygens (including phenoxy) is 1. The normalized spacial score (nSPS) is 10.6. The van der Waals surface area contributed by atoms with E-state index in [1.807, 2.05) is 19.1 Å². The SMILES string of the molecule is COc1cc(C)cc(Br)c1C=CC(=O)O. The highest BCUT2D eigenvalue weighted by atomic mass is 79.9. The number of hydrogen-bond acceptors (Lipinski definition) is 2. The Morgan fingerprint density at radius 3 is 2.73 bits per heavy atom. The van der Waals surface area contributed by atoms with Crippen molar-refractivity contribution in [1.82, 2.24) is 0 Å². The third kappa shape index (κ3) is 3.09. The first-order valence-corrected chi connectivity index (χ1v) is 5.09. The molecule has 0 aliphatic heterocycles. The highest BCUT2D eigenvalue weighted by molar-refractivity contribution is 9.10. The van der Waals surface area contributed by atoms with E-state index in [0.717, 1.165) is 21.7 Å². The zero-order valence-corrected chi connectivity index (χ0v) is 10.0. The van der Waals surface area contributed by atoms with Gasteiger partial charge in [0, 0.05) is 16.1 Å². The van der Waals surface area contributed by atoms with Gasteiger partial charge >= 0.3 is 5.97 Å². The molecule has 15 heavy (non-hydrogen) atoms. The van der Waals surface area contributed by atoms with Crippen LogP contribution >= 0.6 is 15.9 Å². The zero-order valence-electron chi connectivity index (χ0n) is 8.45. The lowest BCUT2D eigenvalue weighted by Crippen LogP contribution is -1.91. The van der Waals surface area contributed by atoms with Crippen molar-refractivity contribution in [3.63, 3.8) is 0 Å². The maximum absolute atomic E-state index is 10.4. The molecule has 0 bridgehead atoms. The number of rotatable bonds is 3. The molecule has 80 valence electrons. The van der Waals surface area contributed by atoms with Crippen molar-refractivity contribution in [3.8, 4) is 5.75 Å². The Balaban J connectivity index is 3.20. The first-order chi connectivity index (χ1) is 7.04. The van der Waals surface area contributed by atoms with Crippen LogP contribution in [0.15, 0.2) is 22.7 Å². The van der Waals surface area contributed by atoms with Gasteiger partial charge in [-0.25, -0.2) is 4.79 Å². The molecule has 0 aliphatic rings. The van der Waals surface area contributed by atoms with E-state index in [-0.39, 0.29) is 0 Å². The predicted octanol–water partition coefficient (Wildman–Crippen LogP) is 2.86. The maximum atomic E-state index is 10.4. The number of halogens is 1. The average Bonchev–Trinajstić information content (AvgIpc) is 2.14. The van der Waals surface area contributed by atoms with E-state index >= 15 is 0 Å². The lowest BCUT2D eigenvalue weighted by molar-refractivity contribution is -0.131. The summed E-state index contributed by atoms with van der Waals surface area (Å²) in [6, 6.07) is 3.76. The minimum Gasteiger partial charge on any atom is -0.496 e. The van der Waals surface area contributed by atoms with Crippen molar-refractivity contribution in [2.75, 3.05) is 7.11 Å². The molecule has 0 aliphatic carbocycles. The van der Waals surface area contributed by atoms with E-state index in [2.05, 4.69) is 15.9 Å². The van der Waals surface area contributed by atoms with Crippen molar-refractivity contribution >= 4 is 28.0 Å². The summed E-state index contributed by atoms with van der Waals surface area (Å²) in [5.74, 6) is -0.330. The Morgan fingerprint density at radius 1 is 1.53 bits per heavy atom. The summed E-state index contributed by atoms with van der Waals surface area (Å²) in [5, 5.41) is 8.54. The number of aryl methyl sites for hydroxylation is 1. The standard InChI is InChI=1S/C11H11BrO3/c1-7-5-9(12)8(3-4-11(13)14)10(6-7)15-2/h3-6H,1-2H3,(H,13,14). The predicted molar refractivity (Wildman–Crippen MR) is 62.1 cm³/mol. The van der Waals surface area contributed by atoms with Crippen LogP contribution in [0, 0.1) is 6.92 Å². The molecule has 0 spiro atoms. The lowest BCUT2D eigenvalue weighted by Gasteiger charge is -2.08. The van der Waals surface area contributed by atoms with Gasteiger partial charge < -0.3 is 9.84 Å². The zero-order chi connectivity index (χ0) is 11.4. The number of carbonyl (C=O) groups is 1. The van der Waals surface area contributed by atoms with Gasteiger partial charge in [0.1, 0.15) is 5.75 Å². The Bertz CT molecular complexity index is 411. The third-order valence-corrected chi connectivity index (χ3v) is 2.50. The van der Waals surface area contributed by atoms with Gasteiger partial charge in [-0.2, -0.15) is 0 Å². The van der Waals surface area contributed by atoms with E-state index < -0.39 is 5.97 Å². The third-order valence-electron chi connectivity index (χ3n) is 1.85. The van der Waals surface area contributed by atoms with Crippen LogP contribution in [-0.2, 0) is 4.79 Å². The van der Waals surface area contributed by atoms with Gasteiger partial charge in [-0.1, -0.05) is 15.9 Å². The summed E-state index contributed by atoms with van der Waals surface area (Å²) < 4.78 is 5.98. The molecule has 0 fully saturated rings. The molecular weight excluding hydrogens is 260 g/mol. The topological polar surface area (TPSA) is 46.5 Å². The average molecular weight is 271 g/mol. The van der Waals surface area contributed by atoms with Gasteiger partial charge in [0.15, 0.2) is 0 Å². The molecule has 1 rings (SSSR count). The molecule has 1 aromatic carbocycles. The summed E-state index contributed by atoms with van der Waals surface area (Å²) in [7, 11) is 1.55. The number of hydrogen-bond donors (Lipinski definition) is 1. The number of carboxylic acid groups (broad SMARTS) is 1. The molecule has 3 nitrogen and oxygen atoms in total. The minimum absolute atomic E-state index is 0.652. The Hall–Kier alpha value is -1.29. The van der Waals surface area contributed by atoms with E-state index in [1.54, 1.807) is 7.11 Å². The second-order valence-corrected chi connectivity index (χ2v) is 3.89. The molecule has 0 radical (unpaired) electrons. The van der Waals surface area contributed by atoms with Gasteiger partial charge in [0.25, 0.3) is 0 Å². The summed E-state index contributed by atoms with van der Waals surface area (Å²) in [6.45, 7) is 1.94. The van der Waals surface area contributed by atoms with Crippen LogP contribution in [0.2, 0.25) is 0 Å². The van der Waals surface area contributed by atoms with Crippen LogP contribution in [0.25, 0.3) is 6.08 Å². The van der Waals surface area contributed by atoms with Crippen molar-refractivity contribution in [1.29, 1.82) is 0 Å². The summed E-state index contributed by atoms with van der Waals surface area (Å²) in [6.07, 6.45) is 2.59. The van der Waals surface area contributed by atoms with Crippen LogP contribution < -0.4 is 4.74 Å². The van der Waals surface area contributed by atoms with E-state index in [9.17, 15) is 4.79 Å². The lowest BCUT2D eigenvalue weighted by atomic mass is 10.1. The summed E-state index contributed by atoms with van der Waals surface area (Å²) in [5.41, 5.74) is 1.77. The van der Waals surface area contributed by atoms with Gasteiger partial charge in [0.2, 0.25) is 0 Å². The second kappa shape index (κ2) is 4.98. The molecule has 0 atom stereocenters. The van der Waals surface area contributed by atoms with Gasteiger partial charge in [0.05, 0.1) is 7.11 Å². The van der Waals surface area contributed by atoms with Crippen molar-refractivity contribution in [2.45, 2.75) is 6.92 Å². The molecule has 4 heteroatoms. The summed E-state index contributed by atoms with van der Waals surface area (Å²) >= 11 is 3.36. The molecule has 1 aromatic rings. The van der Waals surface area contributed by atoms with E-state index in [0.29, 0.717) is 5.75 Å². The first kappa shape index (κ1) is 11.8. The van der Waals surface area contributed by atoms with Crippen LogP contribution in [0.4, 0.5) is 0 Å². The van der Waals surface area contributed by atoms with Crippen molar-refractivity contribution < 1.29 is 14.6 Å². The number of benzene rings is 1. The largest absolute Gasteiger partial charge is 0.496 e. The Morgan fingerprint density at radius 2 is 2.20 bits per heavy atom. The van der Waals surface area contributed by atoms with Crippen molar-refractivity contribution in [2.24, 2.45) is 0 Å². The monoisotopic (exact) mass is 270 g/mol. The van der Waals surface area contributed by atoms with Gasteiger partial charge in [-0.15, -0.1) is 0 Å². The summed E-state index contributed by atoms with van der Waals surface area (Å²) in [4.78, 5) is 10.4. The Kier molecular flexibility index (Phi) is 3.91. The molecule has 0 aromatic heterocycles. The molecule has 0 saturated carbocycles. The van der Waals surface area contributed by atoms with Crippen molar-refractivity contribution in [3.05, 3.63) is 33.8 Å². The minimum atomic E-state index is -0.982. The molecule has 0 saturated heterocycles. The van der Waals surface area contributed by atoms with Gasteiger partial charge in [-0.05, 0) is 30.7 Å². The fourth-order valence-electron chi connectivity index (χ4n) is 1.21. The smallest absolute Gasteiger partial charge is 0.328 e. The fourth-order valence-corrected chi connectivity index (χ4v) is 1.90. The molecule has 0 heterocycles. The fraction of sp³-hybridized carbons (Fsp3) is 0.182. The van der Waals surface area contributed by atoms with E-state index in [4.69, 9.17) is 9.84 Å². The van der Waals surface area contributed by atoms with Crippen LogP contribution in [0.1, 0.15) is 11.1 Å². The highest BCUT2D eigenvalue weighted by Gasteiger charge is 2.05. The van der Waals surface area contributed by atoms with Crippen LogP contribution in [-0.4, -0.2) is 18.2 Å². The highest BCUT2D eigenvalue weighted by Crippen LogP contribution is 2.29. The van der Waals surface area contributed by atoms with E-state index in [1.165, 1.54) is 6.08 Å². The molecule has 0 unspecified atom stereocenters. The molecular formula is C11H11BrO3. The Labute approximate surface area is 96.5 Å². The van der Waals surface area contributed by atoms with Crippen LogP contribution in [0.3, 0.4) is 0 Å². The van der Waals surface area contributed by atoms with Crippen LogP contribution in [0.5, 0.6) is 5.75 Å². The quantitative estimate of drug-likeness (QED) is 0.860. The number of methoxy groups -OCH3 is 1. The molecule has 0 amide bonds. The first-order valence-electron chi connectivity index (χ1n) is 4.29. The van der Waals surface area contributed by atoms with Gasteiger partial charge in [-0.3, -0.25) is 0 Å². The number of aliphatic carboxylic acids is 1. The maximum Gasteiger partial charge on any atom is 0.328 e.